The molecule has 18 heavy (non-hydrogen) atoms. The number of halogens is 2. The Bertz CT molecular complexity index is 528. The topological polar surface area (TPSA) is 29.3 Å². The van der Waals surface area contributed by atoms with E-state index in [0.29, 0.717) is 11.4 Å². The van der Waals surface area contributed by atoms with Crippen molar-refractivity contribution >= 4 is 34.3 Å². The molecule has 0 aliphatic heterocycles. The highest BCUT2D eigenvalue weighted by Gasteiger charge is 2.10. The smallest absolute Gasteiger partial charge is 0.144 e. The third kappa shape index (κ3) is 2.94. The minimum atomic E-state index is -0.441. The number of anilines is 2. The molecule has 0 saturated heterocycles. The van der Waals surface area contributed by atoms with Gasteiger partial charge in [-0.25, -0.2) is 4.39 Å². The molecule has 0 saturated carbocycles. The Morgan fingerprint density at radius 2 is 2.22 bits per heavy atom. The van der Waals surface area contributed by atoms with Crippen LogP contribution in [0.4, 0.5) is 15.8 Å². The predicted molar refractivity (Wildman–Crippen MR) is 77.1 cm³/mol. The lowest BCUT2D eigenvalue weighted by atomic mass is 10.2. The van der Waals surface area contributed by atoms with Crippen molar-refractivity contribution in [1.82, 2.24) is 0 Å². The summed E-state index contributed by atoms with van der Waals surface area (Å²) in [6.07, 6.45) is 0.915. The minimum Gasteiger partial charge on any atom is -0.397 e. The average Bonchev–Trinajstić information content (AvgIpc) is 2.84. The molecule has 0 spiro atoms. The zero-order valence-corrected chi connectivity index (χ0v) is 11.6. The summed E-state index contributed by atoms with van der Waals surface area (Å²) in [5.74, 6) is -0.441. The van der Waals surface area contributed by atoms with Gasteiger partial charge < -0.3 is 10.6 Å². The zero-order valence-electron chi connectivity index (χ0n) is 9.99. The molecule has 2 aromatic rings. The van der Waals surface area contributed by atoms with E-state index in [1.807, 2.05) is 23.4 Å². The SMILES string of the molecule is CN(CCc1cccs1)c1cc(F)c(Cl)cc1N. The van der Waals surface area contributed by atoms with Gasteiger partial charge in [-0.3, -0.25) is 0 Å². The second-order valence-electron chi connectivity index (χ2n) is 4.08. The first-order valence-corrected chi connectivity index (χ1v) is 6.81. The molecule has 0 aliphatic carbocycles. The standard InChI is InChI=1S/C13H14ClFN2S/c1-17(5-4-9-3-2-6-18-9)13-8-11(15)10(14)7-12(13)16/h2-3,6-8H,4-5,16H2,1H3. The van der Waals surface area contributed by atoms with Gasteiger partial charge in [0.2, 0.25) is 0 Å². The fraction of sp³-hybridized carbons (Fsp3) is 0.231. The number of rotatable bonds is 4. The van der Waals surface area contributed by atoms with Crippen molar-refractivity contribution in [3.05, 3.63) is 45.4 Å². The van der Waals surface area contributed by atoms with Crippen molar-refractivity contribution in [2.24, 2.45) is 0 Å². The molecule has 5 heteroatoms. The lowest BCUT2D eigenvalue weighted by Crippen LogP contribution is -2.21. The third-order valence-electron chi connectivity index (χ3n) is 2.75. The fourth-order valence-electron chi connectivity index (χ4n) is 1.74. The van der Waals surface area contributed by atoms with Crippen molar-refractivity contribution in [1.29, 1.82) is 0 Å². The Kier molecular flexibility index (Phi) is 4.09. The molecule has 96 valence electrons. The van der Waals surface area contributed by atoms with Crippen molar-refractivity contribution in [2.75, 3.05) is 24.2 Å². The van der Waals surface area contributed by atoms with Crippen LogP contribution in [0, 0.1) is 5.82 Å². The van der Waals surface area contributed by atoms with E-state index in [-0.39, 0.29) is 5.02 Å². The molecule has 0 atom stereocenters. The van der Waals surface area contributed by atoms with Crippen molar-refractivity contribution < 1.29 is 4.39 Å². The van der Waals surface area contributed by atoms with Crippen LogP contribution in [-0.2, 0) is 6.42 Å². The summed E-state index contributed by atoms with van der Waals surface area (Å²) in [6.45, 7) is 0.784. The zero-order chi connectivity index (χ0) is 13.1. The molecule has 1 heterocycles. The molecule has 0 radical (unpaired) electrons. The third-order valence-corrected chi connectivity index (χ3v) is 3.98. The van der Waals surface area contributed by atoms with E-state index in [1.54, 1.807) is 11.3 Å². The Morgan fingerprint density at radius 1 is 1.44 bits per heavy atom. The Balaban J connectivity index is 2.09. The first kappa shape index (κ1) is 13.2. The van der Waals surface area contributed by atoms with Crippen LogP contribution in [0.25, 0.3) is 0 Å². The summed E-state index contributed by atoms with van der Waals surface area (Å²) in [4.78, 5) is 3.24. The van der Waals surface area contributed by atoms with Gasteiger partial charge in [0.05, 0.1) is 16.4 Å². The summed E-state index contributed by atoms with van der Waals surface area (Å²) in [5, 5.41) is 2.11. The molecule has 0 fully saturated rings. The van der Waals surface area contributed by atoms with Crippen LogP contribution in [0.5, 0.6) is 0 Å². The number of hydrogen-bond donors (Lipinski definition) is 1. The van der Waals surface area contributed by atoms with E-state index in [2.05, 4.69) is 6.07 Å². The number of likely N-dealkylation sites (N-methyl/N-ethyl adjacent to an activating group) is 1. The van der Waals surface area contributed by atoms with Gasteiger partial charge in [-0.2, -0.15) is 0 Å². The molecule has 0 amide bonds. The summed E-state index contributed by atoms with van der Waals surface area (Å²) < 4.78 is 13.4. The Hall–Kier alpha value is -1.26. The van der Waals surface area contributed by atoms with Gasteiger partial charge in [0.25, 0.3) is 0 Å². The van der Waals surface area contributed by atoms with Crippen LogP contribution in [-0.4, -0.2) is 13.6 Å². The molecule has 0 aliphatic rings. The van der Waals surface area contributed by atoms with E-state index < -0.39 is 5.82 Å². The first-order valence-electron chi connectivity index (χ1n) is 5.56. The number of benzene rings is 1. The Labute approximate surface area is 115 Å². The van der Waals surface area contributed by atoms with Crippen LogP contribution in [0.2, 0.25) is 5.02 Å². The van der Waals surface area contributed by atoms with Gasteiger partial charge in [-0.15, -0.1) is 11.3 Å². The first-order chi connectivity index (χ1) is 8.58. The van der Waals surface area contributed by atoms with E-state index in [4.69, 9.17) is 17.3 Å². The molecule has 2 nitrogen and oxygen atoms in total. The normalized spacial score (nSPS) is 10.6. The van der Waals surface area contributed by atoms with Gasteiger partial charge in [0.15, 0.2) is 0 Å². The molecule has 1 aromatic heterocycles. The highest BCUT2D eigenvalue weighted by Crippen LogP contribution is 2.28. The Morgan fingerprint density at radius 3 is 2.89 bits per heavy atom. The van der Waals surface area contributed by atoms with Gasteiger partial charge in [-0.1, -0.05) is 17.7 Å². The lowest BCUT2D eigenvalue weighted by Gasteiger charge is -2.21. The van der Waals surface area contributed by atoms with Crippen LogP contribution in [0.15, 0.2) is 29.6 Å². The van der Waals surface area contributed by atoms with E-state index in [1.165, 1.54) is 17.0 Å². The maximum absolute atomic E-state index is 13.4. The number of nitrogens with zero attached hydrogens (tertiary/aromatic N) is 1. The number of thiophene rings is 1. The molecular weight excluding hydrogens is 271 g/mol. The largest absolute Gasteiger partial charge is 0.397 e. The van der Waals surface area contributed by atoms with E-state index >= 15 is 0 Å². The molecule has 0 bridgehead atoms. The van der Waals surface area contributed by atoms with Gasteiger partial charge >= 0.3 is 0 Å². The minimum absolute atomic E-state index is 0.0582. The maximum Gasteiger partial charge on any atom is 0.144 e. The van der Waals surface area contributed by atoms with Gasteiger partial charge in [0.1, 0.15) is 5.82 Å². The van der Waals surface area contributed by atoms with Crippen LogP contribution >= 0.6 is 22.9 Å². The summed E-state index contributed by atoms with van der Waals surface area (Å²) >= 11 is 7.39. The second-order valence-corrected chi connectivity index (χ2v) is 5.52. The second kappa shape index (κ2) is 5.59. The molecule has 0 unspecified atom stereocenters. The summed E-state index contributed by atoms with van der Waals surface area (Å²) in [7, 11) is 1.90. The highest BCUT2D eigenvalue weighted by atomic mass is 35.5. The number of hydrogen-bond acceptors (Lipinski definition) is 3. The summed E-state index contributed by atoms with van der Waals surface area (Å²) in [6, 6.07) is 6.95. The number of nitrogen functional groups attached to an aromatic ring is 1. The van der Waals surface area contributed by atoms with Crippen LogP contribution < -0.4 is 10.6 Å². The lowest BCUT2D eigenvalue weighted by molar-refractivity contribution is 0.628. The van der Waals surface area contributed by atoms with Gasteiger partial charge in [0, 0.05) is 24.5 Å². The molecule has 2 rings (SSSR count). The van der Waals surface area contributed by atoms with Gasteiger partial charge in [-0.05, 0) is 23.9 Å². The van der Waals surface area contributed by atoms with Crippen molar-refractivity contribution in [2.45, 2.75) is 6.42 Å². The fourth-order valence-corrected chi connectivity index (χ4v) is 2.61. The monoisotopic (exact) mass is 284 g/mol. The van der Waals surface area contributed by atoms with Crippen LogP contribution in [0.3, 0.4) is 0 Å². The van der Waals surface area contributed by atoms with E-state index in [9.17, 15) is 4.39 Å². The number of nitrogens with two attached hydrogens (primary N) is 1. The van der Waals surface area contributed by atoms with Crippen LogP contribution in [0.1, 0.15) is 4.88 Å². The molecule has 2 N–H and O–H groups in total. The van der Waals surface area contributed by atoms with Crippen molar-refractivity contribution in [3.8, 4) is 0 Å². The van der Waals surface area contributed by atoms with Crippen molar-refractivity contribution in [3.63, 3.8) is 0 Å². The molecular formula is C13H14ClFN2S. The molecule has 1 aromatic carbocycles. The average molecular weight is 285 g/mol. The maximum atomic E-state index is 13.4. The van der Waals surface area contributed by atoms with E-state index in [0.717, 1.165) is 13.0 Å². The highest BCUT2D eigenvalue weighted by molar-refractivity contribution is 7.09. The summed E-state index contributed by atoms with van der Waals surface area (Å²) in [5.41, 5.74) is 7.02. The quantitative estimate of drug-likeness (QED) is 0.865. The predicted octanol–water partition coefficient (Wildman–Crippen LogP) is 3.80.